The predicted molar refractivity (Wildman–Crippen MR) is 62.6 cm³/mol. The highest BCUT2D eigenvalue weighted by Crippen LogP contribution is 2.22. The van der Waals surface area contributed by atoms with Crippen LogP contribution in [0.4, 0.5) is 0 Å². The Kier molecular flexibility index (Phi) is 4.39. The first-order valence-corrected chi connectivity index (χ1v) is 6.07. The highest BCUT2D eigenvalue weighted by Gasteiger charge is 2.32. The third-order valence-electron chi connectivity index (χ3n) is 4.17. The molecule has 2 heteroatoms. The van der Waals surface area contributed by atoms with Crippen LogP contribution in [0.2, 0.25) is 0 Å². The molecule has 2 nitrogen and oxygen atoms in total. The first-order valence-electron chi connectivity index (χ1n) is 6.07. The van der Waals surface area contributed by atoms with Crippen LogP contribution in [0.15, 0.2) is 0 Å². The lowest BCUT2D eigenvalue weighted by molar-refractivity contribution is 0.0987. The largest absolute Gasteiger partial charge is 0.313 e. The summed E-state index contributed by atoms with van der Waals surface area (Å²) in [6.07, 6.45) is 5.38. The van der Waals surface area contributed by atoms with Crippen molar-refractivity contribution in [3.8, 4) is 0 Å². The molecule has 1 N–H and O–H groups in total. The quantitative estimate of drug-likeness (QED) is 0.745. The van der Waals surface area contributed by atoms with Crippen LogP contribution in [-0.4, -0.2) is 36.6 Å². The van der Waals surface area contributed by atoms with Crippen molar-refractivity contribution >= 4 is 0 Å². The molecule has 1 saturated heterocycles. The number of rotatable bonds is 4. The van der Waals surface area contributed by atoms with Crippen LogP contribution in [0.25, 0.3) is 0 Å². The number of likely N-dealkylation sites (tertiary alicyclic amines) is 1. The molecule has 0 bridgehead atoms. The molecule has 1 heterocycles. The summed E-state index contributed by atoms with van der Waals surface area (Å²) in [6.45, 7) is 9.56. The van der Waals surface area contributed by atoms with Gasteiger partial charge in [-0.2, -0.15) is 0 Å². The first kappa shape index (κ1) is 12.0. The molecule has 1 aliphatic rings. The van der Waals surface area contributed by atoms with Gasteiger partial charge in [0.25, 0.3) is 0 Å². The zero-order chi connectivity index (χ0) is 10.6. The van der Waals surface area contributed by atoms with Gasteiger partial charge in [-0.05, 0) is 53.2 Å². The standard InChI is InChI=1S/C12H26N2/c1-5-12(3,13-4)11(2)14-9-7-6-8-10-14/h11,13H,5-10H2,1-4H3. The lowest BCUT2D eigenvalue weighted by atomic mass is 9.88. The van der Waals surface area contributed by atoms with Crippen molar-refractivity contribution in [2.45, 2.75) is 58.0 Å². The minimum Gasteiger partial charge on any atom is -0.313 e. The van der Waals surface area contributed by atoms with Gasteiger partial charge in [0.15, 0.2) is 0 Å². The maximum absolute atomic E-state index is 3.48. The van der Waals surface area contributed by atoms with Gasteiger partial charge < -0.3 is 5.32 Å². The van der Waals surface area contributed by atoms with E-state index in [2.05, 4.69) is 38.0 Å². The molecule has 2 unspecified atom stereocenters. The molecule has 84 valence electrons. The third-order valence-corrected chi connectivity index (χ3v) is 4.17. The highest BCUT2D eigenvalue weighted by molar-refractivity contribution is 4.92. The average Bonchev–Trinajstić information content (AvgIpc) is 2.28. The van der Waals surface area contributed by atoms with E-state index >= 15 is 0 Å². The lowest BCUT2D eigenvalue weighted by Crippen LogP contribution is -2.57. The highest BCUT2D eigenvalue weighted by atomic mass is 15.2. The molecular weight excluding hydrogens is 172 g/mol. The van der Waals surface area contributed by atoms with E-state index in [-0.39, 0.29) is 5.54 Å². The SMILES string of the molecule is CCC(C)(NC)C(C)N1CCCCC1. The minimum absolute atomic E-state index is 0.275. The summed E-state index contributed by atoms with van der Waals surface area (Å²) >= 11 is 0. The Labute approximate surface area is 89.1 Å². The zero-order valence-corrected chi connectivity index (χ0v) is 10.3. The van der Waals surface area contributed by atoms with Gasteiger partial charge in [0.1, 0.15) is 0 Å². The molecule has 0 aliphatic carbocycles. The van der Waals surface area contributed by atoms with Crippen LogP contribution >= 0.6 is 0 Å². The van der Waals surface area contributed by atoms with Crippen molar-refractivity contribution in [3.05, 3.63) is 0 Å². The average molecular weight is 198 g/mol. The van der Waals surface area contributed by atoms with E-state index in [1.54, 1.807) is 0 Å². The molecule has 14 heavy (non-hydrogen) atoms. The Bertz CT molecular complexity index is 158. The monoisotopic (exact) mass is 198 g/mol. The van der Waals surface area contributed by atoms with Crippen LogP contribution in [0.1, 0.15) is 46.5 Å². The Balaban J connectivity index is 2.56. The maximum atomic E-state index is 3.48. The van der Waals surface area contributed by atoms with Gasteiger partial charge >= 0.3 is 0 Å². The fourth-order valence-corrected chi connectivity index (χ4v) is 2.39. The second kappa shape index (κ2) is 5.13. The number of likely N-dealkylation sites (N-methyl/N-ethyl adjacent to an activating group) is 1. The van der Waals surface area contributed by atoms with E-state index < -0.39 is 0 Å². The fourth-order valence-electron chi connectivity index (χ4n) is 2.39. The van der Waals surface area contributed by atoms with E-state index in [4.69, 9.17) is 0 Å². The molecule has 0 amide bonds. The first-order chi connectivity index (χ1) is 6.64. The second-order valence-electron chi connectivity index (χ2n) is 4.79. The van der Waals surface area contributed by atoms with Gasteiger partial charge in [0, 0.05) is 11.6 Å². The molecule has 0 saturated carbocycles. The van der Waals surface area contributed by atoms with Crippen molar-refractivity contribution in [1.82, 2.24) is 10.2 Å². The Morgan fingerprint density at radius 3 is 2.29 bits per heavy atom. The predicted octanol–water partition coefficient (Wildman–Crippen LogP) is 2.25. The summed E-state index contributed by atoms with van der Waals surface area (Å²) in [7, 11) is 2.09. The lowest BCUT2D eigenvalue weighted by Gasteiger charge is -2.43. The van der Waals surface area contributed by atoms with Gasteiger partial charge in [0.2, 0.25) is 0 Å². The van der Waals surface area contributed by atoms with E-state index in [0.29, 0.717) is 6.04 Å². The summed E-state index contributed by atoms with van der Waals surface area (Å²) in [6, 6.07) is 0.651. The van der Waals surface area contributed by atoms with Crippen LogP contribution in [0, 0.1) is 0 Å². The third kappa shape index (κ3) is 2.48. The van der Waals surface area contributed by atoms with E-state index in [1.807, 2.05) is 0 Å². The number of piperidine rings is 1. The minimum atomic E-state index is 0.275. The van der Waals surface area contributed by atoms with Gasteiger partial charge in [-0.3, -0.25) is 4.90 Å². The number of hydrogen-bond acceptors (Lipinski definition) is 2. The topological polar surface area (TPSA) is 15.3 Å². The van der Waals surface area contributed by atoms with E-state index in [0.717, 1.165) is 0 Å². The molecule has 0 aromatic carbocycles. The summed E-state index contributed by atoms with van der Waals surface area (Å²) < 4.78 is 0. The summed E-state index contributed by atoms with van der Waals surface area (Å²) in [5, 5.41) is 3.48. The molecular formula is C12H26N2. The Morgan fingerprint density at radius 2 is 1.86 bits per heavy atom. The number of hydrogen-bond donors (Lipinski definition) is 1. The number of nitrogens with zero attached hydrogens (tertiary/aromatic N) is 1. The summed E-state index contributed by atoms with van der Waals surface area (Å²) in [4.78, 5) is 2.64. The van der Waals surface area contributed by atoms with Crippen LogP contribution < -0.4 is 5.32 Å². The zero-order valence-electron chi connectivity index (χ0n) is 10.3. The molecule has 1 fully saturated rings. The second-order valence-corrected chi connectivity index (χ2v) is 4.79. The normalized spacial score (nSPS) is 25.7. The molecule has 2 atom stereocenters. The van der Waals surface area contributed by atoms with Crippen LogP contribution in [-0.2, 0) is 0 Å². The van der Waals surface area contributed by atoms with Crippen molar-refractivity contribution in [1.29, 1.82) is 0 Å². The van der Waals surface area contributed by atoms with Crippen LogP contribution in [0.3, 0.4) is 0 Å². The van der Waals surface area contributed by atoms with Crippen molar-refractivity contribution in [3.63, 3.8) is 0 Å². The molecule has 1 aliphatic heterocycles. The summed E-state index contributed by atoms with van der Waals surface area (Å²) in [5.74, 6) is 0. The number of nitrogens with one attached hydrogen (secondary N) is 1. The van der Waals surface area contributed by atoms with Gasteiger partial charge in [-0.1, -0.05) is 13.3 Å². The van der Waals surface area contributed by atoms with Crippen molar-refractivity contribution in [2.24, 2.45) is 0 Å². The molecule has 0 spiro atoms. The maximum Gasteiger partial charge on any atom is 0.0300 e. The fraction of sp³-hybridized carbons (Fsp3) is 1.00. The van der Waals surface area contributed by atoms with E-state index in [1.165, 1.54) is 38.8 Å². The Hall–Kier alpha value is -0.0800. The van der Waals surface area contributed by atoms with Gasteiger partial charge in [-0.15, -0.1) is 0 Å². The van der Waals surface area contributed by atoms with Crippen LogP contribution in [0.5, 0.6) is 0 Å². The van der Waals surface area contributed by atoms with Crippen molar-refractivity contribution < 1.29 is 0 Å². The van der Waals surface area contributed by atoms with Gasteiger partial charge in [0.05, 0.1) is 0 Å². The molecule has 0 aromatic rings. The molecule has 1 rings (SSSR count). The summed E-state index contributed by atoms with van der Waals surface area (Å²) in [5.41, 5.74) is 0.275. The molecule has 0 aromatic heterocycles. The smallest absolute Gasteiger partial charge is 0.0300 e. The van der Waals surface area contributed by atoms with Crippen molar-refractivity contribution in [2.75, 3.05) is 20.1 Å². The Morgan fingerprint density at radius 1 is 1.29 bits per heavy atom. The van der Waals surface area contributed by atoms with Gasteiger partial charge in [-0.25, -0.2) is 0 Å². The molecule has 0 radical (unpaired) electrons. The van der Waals surface area contributed by atoms with E-state index in [9.17, 15) is 0 Å².